The molecule has 1 heterocycles. The molecule has 19 heavy (non-hydrogen) atoms. The number of hydrogen-bond acceptors (Lipinski definition) is 3. The van der Waals surface area contributed by atoms with E-state index in [4.69, 9.17) is 0 Å². The third-order valence-electron chi connectivity index (χ3n) is 2.94. The summed E-state index contributed by atoms with van der Waals surface area (Å²) in [7, 11) is 0. The molecule has 1 aromatic carbocycles. The van der Waals surface area contributed by atoms with Crippen LogP contribution in [0, 0.1) is 5.82 Å². The summed E-state index contributed by atoms with van der Waals surface area (Å²) in [5.74, 6) is 0.597. The predicted molar refractivity (Wildman–Crippen MR) is 75.6 cm³/mol. The predicted octanol–water partition coefficient (Wildman–Crippen LogP) is 3.67. The van der Waals surface area contributed by atoms with Crippen LogP contribution in [0.25, 0.3) is 11.3 Å². The summed E-state index contributed by atoms with van der Waals surface area (Å²) in [4.78, 5) is 8.59. The monoisotopic (exact) mass is 259 g/mol. The highest BCUT2D eigenvalue weighted by molar-refractivity contribution is 5.68. The van der Waals surface area contributed by atoms with Gasteiger partial charge in [-0.3, -0.25) is 0 Å². The minimum absolute atomic E-state index is 0.249. The van der Waals surface area contributed by atoms with Crippen LogP contribution in [0.2, 0.25) is 0 Å². The van der Waals surface area contributed by atoms with Gasteiger partial charge in [0, 0.05) is 17.7 Å². The van der Waals surface area contributed by atoms with Gasteiger partial charge in [-0.25, -0.2) is 14.4 Å². The Labute approximate surface area is 112 Å². The van der Waals surface area contributed by atoms with Gasteiger partial charge in [-0.15, -0.1) is 0 Å². The molecule has 0 radical (unpaired) electrons. The van der Waals surface area contributed by atoms with E-state index < -0.39 is 0 Å². The maximum Gasteiger partial charge on any atom is 0.133 e. The zero-order valence-corrected chi connectivity index (χ0v) is 11.3. The van der Waals surface area contributed by atoms with Gasteiger partial charge in [0.15, 0.2) is 0 Å². The van der Waals surface area contributed by atoms with Crippen molar-refractivity contribution < 1.29 is 4.39 Å². The Morgan fingerprint density at radius 1 is 1.21 bits per heavy atom. The lowest BCUT2D eigenvalue weighted by Crippen LogP contribution is -2.07. The highest BCUT2D eigenvalue weighted by Crippen LogP contribution is 2.26. The van der Waals surface area contributed by atoms with Gasteiger partial charge in [-0.2, -0.15) is 0 Å². The molecule has 0 bridgehead atoms. The second-order valence-electron chi connectivity index (χ2n) is 4.34. The molecule has 0 saturated carbocycles. The standard InChI is InChI=1S/C15H18FN3/c1-3-8-17-15-13(4-2)14(18-10-19-15)11-6-5-7-12(16)9-11/h5-7,9-10H,3-4,8H2,1-2H3,(H,17,18,19). The Kier molecular flexibility index (Phi) is 4.44. The van der Waals surface area contributed by atoms with Gasteiger partial charge in [0.05, 0.1) is 5.69 Å². The van der Waals surface area contributed by atoms with E-state index in [2.05, 4.69) is 29.1 Å². The van der Waals surface area contributed by atoms with Crippen molar-refractivity contribution >= 4 is 5.82 Å². The summed E-state index contributed by atoms with van der Waals surface area (Å²) in [5.41, 5.74) is 2.62. The van der Waals surface area contributed by atoms with Crippen LogP contribution in [-0.4, -0.2) is 16.5 Å². The molecular weight excluding hydrogens is 241 g/mol. The first kappa shape index (κ1) is 13.5. The van der Waals surface area contributed by atoms with Crippen LogP contribution in [0.4, 0.5) is 10.2 Å². The number of benzene rings is 1. The highest BCUT2D eigenvalue weighted by atomic mass is 19.1. The number of nitrogens with zero attached hydrogens (tertiary/aromatic N) is 2. The van der Waals surface area contributed by atoms with E-state index in [-0.39, 0.29) is 5.82 Å². The van der Waals surface area contributed by atoms with Crippen LogP contribution in [-0.2, 0) is 6.42 Å². The lowest BCUT2D eigenvalue weighted by molar-refractivity contribution is 0.628. The van der Waals surface area contributed by atoms with Gasteiger partial charge in [0.1, 0.15) is 18.0 Å². The van der Waals surface area contributed by atoms with Crippen LogP contribution < -0.4 is 5.32 Å². The van der Waals surface area contributed by atoms with Gasteiger partial charge in [-0.1, -0.05) is 26.0 Å². The van der Waals surface area contributed by atoms with Crippen LogP contribution in [0.15, 0.2) is 30.6 Å². The molecule has 2 rings (SSSR count). The Hall–Kier alpha value is -1.97. The van der Waals surface area contributed by atoms with E-state index in [1.54, 1.807) is 6.07 Å². The molecule has 4 heteroatoms. The van der Waals surface area contributed by atoms with Crippen molar-refractivity contribution in [2.24, 2.45) is 0 Å². The van der Waals surface area contributed by atoms with E-state index in [9.17, 15) is 4.39 Å². The van der Waals surface area contributed by atoms with Crippen LogP contribution >= 0.6 is 0 Å². The molecule has 1 N–H and O–H groups in total. The van der Waals surface area contributed by atoms with Crippen molar-refractivity contribution in [3.8, 4) is 11.3 Å². The Morgan fingerprint density at radius 2 is 2.05 bits per heavy atom. The van der Waals surface area contributed by atoms with Crippen molar-refractivity contribution in [3.05, 3.63) is 42.0 Å². The normalized spacial score (nSPS) is 10.5. The van der Waals surface area contributed by atoms with Gasteiger partial charge in [-0.05, 0) is 25.0 Å². The molecule has 0 atom stereocenters. The number of anilines is 1. The fourth-order valence-electron chi connectivity index (χ4n) is 2.03. The SMILES string of the molecule is CCCNc1ncnc(-c2cccc(F)c2)c1CC. The third kappa shape index (κ3) is 3.08. The largest absolute Gasteiger partial charge is 0.370 e. The molecule has 3 nitrogen and oxygen atoms in total. The molecule has 0 fully saturated rings. The van der Waals surface area contributed by atoms with Crippen molar-refractivity contribution in [1.82, 2.24) is 9.97 Å². The maximum absolute atomic E-state index is 13.3. The van der Waals surface area contributed by atoms with E-state index >= 15 is 0 Å². The minimum Gasteiger partial charge on any atom is -0.370 e. The molecule has 2 aromatic rings. The van der Waals surface area contributed by atoms with Gasteiger partial charge >= 0.3 is 0 Å². The highest BCUT2D eigenvalue weighted by Gasteiger charge is 2.11. The quantitative estimate of drug-likeness (QED) is 0.890. The molecule has 0 aliphatic carbocycles. The molecule has 0 amide bonds. The molecule has 0 unspecified atom stereocenters. The Balaban J connectivity index is 2.45. The van der Waals surface area contributed by atoms with Crippen LogP contribution in [0.3, 0.4) is 0 Å². The summed E-state index contributed by atoms with van der Waals surface area (Å²) in [6.07, 6.45) is 3.36. The van der Waals surface area contributed by atoms with Crippen molar-refractivity contribution in [2.45, 2.75) is 26.7 Å². The second kappa shape index (κ2) is 6.27. The minimum atomic E-state index is -0.249. The number of halogens is 1. The molecular formula is C15H18FN3. The van der Waals surface area contributed by atoms with E-state index in [1.165, 1.54) is 18.5 Å². The topological polar surface area (TPSA) is 37.8 Å². The first-order valence-electron chi connectivity index (χ1n) is 6.60. The van der Waals surface area contributed by atoms with E-state index in [0.29, 0.717) is 0 Å². The summed E-state index contributed by atoms with van der Waals surface area (Å²) in [5, 5.41) is 3.29. The molecule has 100 valence electrons. The first-order chi connectivity index (χ1) is 9.26. The van der Waals surface area contributed by atoms with Gasteiger partial charge in [0.25, 0.3) is 0 Å². The number of hydrogen-bond donors (Lipinski definition) is 1. The van der Waals surface area contributed by atoms with Crippen LogP contribution in [0.1, 0.15) is 25.8 Å². The van der Waals surface area contributed by atoms with Crippen molar-refractivity contribution in [3.63, 3.8) is 0 Å². The van der Waals surface area contributed by atoms with E-state index in [0.717, 1.165) is 42.0 Å². The molecule has 0 saturated heterocycles. The fourth-order valence-corrected chi connectivity index (χ4v) is 2.03. The Morgan fingerprint density at radius 3 is 2.74 bits per heavy atom. The zero-order valence-electron chi connectivity index (χ0n) is 11.3. The molecule has 0 spiro atoms. The summed E-state index contributed by atoms with van der Waals surface area (Å²) in [6, 6.07) is 6.51. The number of aromatic nitrogens is 2. The molecule has 0 aliphatic rings. The average molecular weight is 259 g/mol. The number of rotatable bonds is 5. The van der Waals surface area contributed by atoms with E-state index in [1.807, 2.05) is 6.07 Å². The molecule has 0 aliphatic heterocycles. The van der Waals surface area contributed by atoms with Crippen molar-refractivity contribution in [1.29, 1.82) is 0 Å². The second-order valence-corrected chi connectivity index (χ2v) is 4.34. The molecule has 1 aromatic heterocycles. The average Bonchev–Trinajstić information content (AvgIpc) is 2.44. The smallest absolute Gasteiger partial charge is 0.133 e. The van der Waals surface area contributed by atoms with Crippen molar-refractivity contribution in [2.75, 3.05) is 11.9 Å². The van der Waals surface area contributed by atoms with Gasteiger partial charge in [0.2, 0.25) is 0 Å². The van der Waals surface area contributed by atoms with Gasteiger partial charge < -0.3 is 5.32 Å². The lowest BCUT2D eigenvalue weighted by Gasteiger charge is -2.13. The number of nitrogens with one attached hydrogen (secondary N) is 1. The summed E-state index contributed by atoms with van der Waals surface area (Å²) in [6.45, 7) is 5.03. The Bertz CT molecular complexity index is 555. The van der Waals surface area contributed by atoms with Crippen LogP contribution in [0.5, 0.6) is 0 Å². The fraction of sp³-hybridized carbons (Fsp3) is 0.333. The maximum atomic E-state index is 13.3. The lowest BCUT2D eigenvalue weighted by atomic mass is 10.0. The summed E-state index contributed by atoms with van der Waals surface area (Å²) >= 11 is 0. The summed E-state index contributed by atoms with van der Waals surface area (Å²) < 4.78 is 13.3. The third-order valence-corrected chi connectivity index (χ3v) is 2.94. The zero-order chi connectivity index (χ0) is 13.7. The first-order valence-corrected chi connectivity index (χ1v) is 6.60.